The van der Waals surface area contributed by atoms with Crippen molar-refractivity contribution in [3.63, 3.8) is 0 Å². The second-order valence-corrected chi connectivity index (χ2v) is 10.2. The molecule has 1 saturated carbocycles. The Hall–Kier alpha value is -2.92. The van der Waals surface area contributed by atoms with E-state index in [0.29, 0.717) is 25.8 Å². The van der Waals surface area contributed by atoms with Crippen LogP contribution in [0.5, 0.6) is 0 Å². The molecule has 1 aliphatic carbocycles. The predicted molar refractivity (Wildman–Crippen MR) is 144 cm³/mol. The van der Waals surface area contributed by atoms with Crippen LogP contribution in [0.15, 0.2) is 89.4 Å². The molecule has 0 heterocycles. The summed E-state index contributed by atoms with van der Waals surface area (Å²) in [5.41, 5.74) is 3.18. The summed E-state index contributed by atoms with van der Waals surface area (Å²) in [7, 11) is 0. The molecule has 1 aliphatic rings. The maximum absolute atomic E-state index is 13.7. The lowest BCUT2D eigenvalue weighted by atomic mass is 10.0. The minimum atomic E-state index is -0.565. The quantitative estimate of drug-likeness (QED) is 0.344. The topological polar surface area (TPSA) is 49.4 Å². The first-order valence-corrected chi connectivity index (χ1v) is 13.3. The molecule has 35 heavy (non-hydrogen) atoms. The fourth-order valence-corrected chi connectivity index (χ4v) is 5.01. The minimum Gasteiger partial charge on any atom is -0.352 e. The molecule has 0 spiro atoms. The molecule has 3 aromatic carbocycles. The van der Waals surface area contributed by atoms with Crippen LogP contribution in [0.4, 0.5) is 0 Å². The van der Waals surface area contributed by atoms with Gasteiger partial charge < -0.3 is 10.2 Å². The van der Waals surface area contributed by atoms with Crippen LogP contribution in [0.1, 0.15) is 48.8 Å². The monoisotopic (exact) mass is 532 g/mol. The Balaban J connectivity index is 1.60. The van der Waals surface area contributed by atoms with Gasteiger partial charge in [-0.3, -0.25) is 9.59 Å². The first kappa shape index (κ1) is 25.2. The van der Waals surface area contributed by atoms with Crippen LogP contribution < -0.4 is 5.32 Å². The highest BCUT2D eigenvalue weighted by atomic mass is 79.9. The molecule has 0 saturated heterocycles. The zero-order valence-corrected chi connectivity index (χ0v) is 21.6. The summed E-state index contributed by atoms with van der Waals surface area (Å²) in [4.78, 5) is 29.1. The highest BCUT2D eigenvalue weighted by Gasteiger charge is 2.32. The van der Waals surface area contributed by atoms with Crippen molar-refractivity contribution in [1.29, 1.82) is 0 Å². The molecule has 182 valence electrons. The van der Waals surface area contributed by atoms with E-state index in [1.54, 1.807) is 4.90 Å². The summed E-state index contributed by atoms with van der Waals surface area (Å²) >= 11 is 3.49. The summed E-state index contributed by atoms with van der Waals surface area (Å²) in [5, 5.41) is 3.26. The van der Waals surface area contributed by atoms with E-state index < -0.39 is 6.04 Å². The normalized spacial score (nSPS) is 14.4. The van der Waals surface area contributed by atoms with Gasteiger partial charge in [-0.25, -0.2) is 0 Å². The molecule has 4 rings (SSSR count). The van der Waals surface area contributed by atoms with Gasteiger partial charge in [0, 0.05) is 29.9 Å². The number of hydrogen-bond donors (Lipinski definition) is 1. The first-order valence-electron chi connectivity index (χ1n) is 12.5. The summed E-state index contributed by atoms with van der Waals surface area (Å²) < 4.78 is 0.989. The first-order chi connectivity index (χ1) is 17.1. The Labute approximate surface area is 216 Å². The van der Waals surface area contributed by atoms with Gasteiger partial charge in [-0.15, -0.1) is 0 Å². The largest absolute Gasteiger partial charge is 0.352 e. The molecular weight excluding hydrogens is 500 g/mol. The fraction of sp³-hybridized carbons (Fsp3) is 0.333. The maximum Gasteiger partial charge on any atom is 0.243 e. The number of hydrogen-bond acceptors (Lipinski definition) is 2. The van der Waals surface area contributed by atoms with Gasteiger partial charge >= 0.3 is 0 Å². The van der Waals surface area contributed by atoms with Crippen molar-refractivity contribution in [3.8, 4) is 0 Å². The lowest BCUT2D eigenvalue weighted by Crippen LogP contribution is -2.52. The van der Waals surface area contributed by atoms with Crippen LogP contribution in [-0.2, 0) is 29.0 Å². The summed E-state index contributed by atoms with van der Waals surface area (Å²) in [6, 6.07) is 27.7. The number of nitrogens with zero attached hydrogens (tertiary/aromatic N) is 1. The molecule has 4 nitrogen and oxygen atoms in total. The molecule has 0 aromatic heterocycles. The van der Waals surface area contributed by atoms with Crippen molar-refractivity contribution in [2.75, 3.05) is 0 Å². The smallest absolute Gasteiger partial charge is 0.243 e. The number of benzene rings is 3. The Morgan fingerprint density at radius 1 is 0.829 bits per heavy atom. The molecule has 0 bridgehead atoms. The fourth-order valence-electron chi connectivity index (χ4n) is 4.75. The average Bonchev–Trinajstić information content (AvgIpc) is 3.40. The van der Waals surface area contributed by atoms with E-state index in [9.17, 15) is 9.59 Å². The number of rotatable bonds is 10. The summed E-state index contributed by atoms with van der Waals surface area (Å²) in [6.07, 6.45) is 5.82. The van der Waals surface area contributed by atoms with Crippen molar-refractivity contribution in [2.24, 2.45) is 0 Å². The van der Waals surface area contributed by atoms with Crippen molar-refractivity contribution in [3.05, 3.63) is 106 Å². The van der Waals surface area contributed by atoms with Crippen LogP contribution in [-0.4, -0.2) is 28.8 Å². The summed E-state index contributed by atoms with van der Waals surface area (Å²) in [5.74, 6) is -0.0507. The second-order valence-electron chi connectivity index (χ2n) is 9.33. The zero-order valence-electron chi connectivity index (χ0n) is 20.0. The van der Waals surface area contributed by atoms with E-state index in [4.69, 9.17) is 0 Å². The lowest BCUT2D eigenvalue weighted by molar-refractivity contribution is -0.141. The SMILES string of the molecule is O=C(NC1CCCC1)[C@H](Cc1ccccc1)N(Cc1ccc(Br)cc1)C(=O)CCc1ccccc1. The van der Waals surface area contributed by atoms with Gasteiger partial charge in [0.1, 0.15) is 6.04 Å². The van der Waals surface area contributed by atoms with Crippen LogP contribution >= 0.6 is 15.9 Å². The van der Waals surface area contributed by atoms with Crippen LogP contribution in [0.3, 0.4) is 0 Å². The lowest BCUT2D eigenvalue weighted by Gasteiger charge is -2.32. The Morgan fingerprint density at radius 3 is 2.06 bits per heavy atom. The summed E-state index contributed by atoms with van der Waals surface area (Å²) in [6.45, 7) is 0.399. The highest BCUT2D eigenvalue weighted by Crippen LogP contribution is 2.21. The number of carbonyl (C=O) groups excluding carboxylic acids is 2. The van der Waals surface area contributed by atoms with E-state index >= 15 is 0 Å². The van der Waals surface area contributed by atoms with Crippen LogP contribution in [0.2, 0.25) is 0 Å². The van der Waals surface area contributed by atoms with Gasteiger partial charge in [-0.2, -0.15) is 0 Å². The van der Waals surface area contributed by atoms with E-state index in [2.05, 4.69) is 21.2 Å². The molecule has 1 fully saturated rings. The molecule has 1 atom stereocenters. The van der Waals surface area contributed by atoms with Gasteiger partial charge in [-0.05, 0) is 48.1 Å². The molecule has 2 amide bonds. The van der Waals surface area contributed by atoms with Crippen molar-refractivity contribution in [2.45, 2.75) is 63.6 Å². The number of carbonyl (C=O) groups is 2. The van der Waals surface area contributed by atoms with Gasteiger partial charge in [0.05, 0.1) is 0 Å². The Morgan fingerprint density at radius 2 is 1.43 bits per heavy atom. The van der Waals surface area contributed by atoms with Crippen molar-refractivity contribution < 1.29 is 9.59 Å². The van der Waals surface area contributed by atoms with E-state index in [1.807, 2.05) is 84.9 Å². The molecule has 0 aliphatic heterocycles. The highest BCUT2D eigenvalue weighted by molar-refractivity contribution is 9.10. The average molecular weight is 534 g/mol. The molecule has 0 radical (unpaired) electrons. The Kier molecular flexibility index (Phi) is 9.13. The van der Waals surface area contributed by atoms with E-state index in [0.717, 1.165) is 46.8 Å². The molecule has 5 heteroatoms. The van der Waals surface area contributed by atoms with E-state index in [-0.39, 0.29) is 17.9 Å². The standard InChI is InChI=1S/C30H33BrN2O2/c31-26-18-15-25(16-19-26)22-33(29(34)20-17-23-9-3-1-4-10-23)28(21-24-11-5-2-6-12-24)30(35)32-27-13-7-8-14-27/h1-6,9-12,15-16,18-19,27-28H,7-8,13-14,17,20-22H2,(H,32,35)/t28-/m0/s1. The predicted octanol–water partition coefficient (Wildman–Crippen LogP) is 6.08. The third-order valence-corrected chi connectivity index (χ3v) is 7.24. The van der Waals surface area contributed by atoms with Gasteiger partial charge in [0.25, 0.3) is 0 Å². The van der Waals surface area contributed by atoms with Crippen molar-refractivity contribution in [1.82, 2.24) is 10.2 Å². The molecule has 3 aromatic rings. The minimum absolute atomic E-state index is 0.000671. The zero-order chi connectivity index (χ0) is 24.5. The maximum atomic E-state index is 13.7. The van der Waals surface area contributed by atoms with Crippen LogP contribution in [0, 0.1) is 0 Å². The molecule has 1 N–H and O–H groups in total. The van der Waals surface area contributed by atoms with Gasteiger partial charge in [-0.1, -0.05) is 102 Å². The second kappa shape index (κ2) is 12.7. The molecular formula is C30H33BrN2O2. The number of halogens is 1. The Bertz CT molecular complexity index is 1080. The number of aryl methyl sites for hydroxylation is 1. The van der Waals surface area contributed by atoms with Gasteiger partial charge in [0.15, 0.2) is 0 Å². The van der Waals surface area contributed by atoms with Gasteiger partial charge in [0.2, 0.25) is 11.8 Å². The number of amides is 2. The molecule has 0 unspecified atom stereocenters. The third-order valence-electron chi connectivity index (χ3n) is 6.71. The van der Waals surface area contributed by atoms with Crippen molar-refractivity contribution >= 4 is 27.7 Å². The third kappa shape index (κ3) is 7.53. The number of nitrogens with one attached hydrogen (secondary N) is 1. The van der Waals surface area contributed by atoms with E-state index in [1.165, 1.54) is 0 Å². The van der Waals surface area contributed by atoms with Crippen LogP contribution in [0.25, 0.3) is 0 Å².